The number of carbonyl (C=O) groups is 1. The van der Waals surface area contributed by atoms with E-state index in [0.29, 0.717) is 10.8 Å². The van der Waals surface area contributed by atoms with Crippen LogP contribution in [0.1, 0.15) is 6.92 Å². The van der Waals surface area contributed by atoms with E-state index < -0.39 is 22.0 Å². The molecular weight excluding hydrogens is 483 g/mol. The van der Waals surface area contributed by atoms with Crippen molar-refractivity contribution < 1.29 is 17.9 Å². The third kappa shape index (κ3) is 5.65. The number of amides is 1. The van der Waals surface area contributed by atoms with Crippen molar-refractivity contribution >= 4 is 61.3 Å². The number of rotatable bonds is 7. The first kappa shape index (κ1) is 23.3. The molecule has 1 amide bonds. The largest absolute Gasteiger partial charge is 0.497 e. The summed E-state index contributed by atoms with van der Waals surface area (Å²) < 4.78 is 30.9. The van der Waals surface area contributed by atoms with Crippen LogP contribution >= 0.6 is 34.5 Å². The standard InChI is InChI=1S/C19H18Cl2N4O4S2/c1-11(25(31(3,27)28)15-9-13(20)8-14(21)10-15)17(26)22-19-24-23-18(30-19)12-4-6-16(29-2)7-5-12/h4-11H,1-3H3,(H,22,24,26)/t11-/m1/s1. The minimum Gasteiger partial charge on any atom is -0.497 e. The minimum absolute atomic E-state index is 0.179. The first-order valence-corrected chi connectivity index (χ1v) is 12.2. The molecule has 0 aliphatic rings. The normalized spacial score (nSPS) is 12.3. The smallest absolute Gasteiger partial charge is 0.249 e. The van der Waals surface area contributed by atoms with Gasteiger partial charge in [-0.25, -0.2) is 8.42 Å². The molecule has 0 fully saturated rings. The Kier molecular flexibility index (Phi) is 7.05. The van der Waals surface area contributed by atoms with Gasteiger partial charge in [0, 0.05) is 15.6 Å². The third-order valence-electron chi connectivity index (χ3n) is 4.18. The summed E-state index contributed by atoms with van der Waals surface area (Å²) in [5.41, 5.74) is 0.983. The van der Waals surface area contributed by atoms with Crippen molar-refractivity contribution in [3.05, 3.63) is 52.5 Å². The molecule has 1 aromatic heterocycles. The lowest BCUT2D eigenvalue weighted by Crippen LogP contribution is -2.45. The number of benzene rings is 2. The number of carbonyl (C=O) groups excluding carboxylic acids is 1. The van der Waals surface area contributed by atoms with E-state index in [9.17, 15) is 13.2 Å². The summed E-state index contributed by atoms with van der Waals surface area (Å²) in [5.74, 6) is 0.122. The lowest BCUT2D eigenvalue weighted by atomic mass is 10.2. The maximum absolute atomic E-state index is 12.8. The Labute approximate surface area is 193 Å². The van der Waals surface area contributed by atoms with Crippen molar-refractivity contribution in [2.45, 2.75) is 13.0 Å². The Balaban J connectivity index is 1.82. The van der Waals surface area contributed by atoms with Crippen LogP contribution in [-0.4, -0.2) is 43.9 Å². The Hall–Kier alpha value is -2.40. The van der Waals surface area contributed by atoms with Crippen LogP contribution in [0.15, 0.2) is 42.5 Å². The number of anilines is 2. The summed E-state index contributed by atoms with van der Waals surface area (Å²) in [7, 11) is -2.25. The van der Waals surface area contributed by atoms with E-state index in [1.807, 2.05) is 12.1 Å². The van der Waals surface area contributed by atoms with E-state index in [0.717, 1.165) is 27.5 Å². The number of ether oxygens (including phenoxy) is 1. The van der Waals surface area contributed by atoms with E-state index in [2.05, 4.69) is 15.5 Å². The van der Waals surface area contributed by atoms with Gasteiger partial charge in [-0.15, -0.1) is 10.2 Å². The van der Waals surface area contributed by atoms with Crippen LogP contribution in [0.3, 0.4) is 0 Å². The molecular formula is C19H18Cl2N4O4S2. The van der Waals surface area contributed by atoms with Gasteiger partial charge in [0.1, 0.15) is 16.8 Å². The number of methoxy groups -OCH3 is 1. The van der Waals surface area contributed by atoms with Crippen LogP contribution in [0.4, 0.5) is 10.8 Å². The lowest BCUT2D eigenvalue weighted by Gasteiger charge is -2.28. The Bertz CT molecular complexity index is 1180. The number of halogens is 2. The van der Waals surface area contributed by atoms with E-state index in [-0.39, 0.29) is 20.9 Å². The van der Waals surface area contributed by atoms with Gasteiger partial charge in [0.25, 0.3) is 0 Å². The molecule has 0 unspecified atom stereocenters. The van der Waals surface area contributed by atoms with Crippen molar-refractivity contribution in [1.82, 2.24) is 10.2 Å². The fraction of sp³-hybridized carbons (Fsp3) is 0.211. The second kappa shape index (κ2) is 9.39. The molecule has 1 atom stereocenters. The zero-order chi connectivity index (χ0) is 22.8. The second-order valence-electron chi connectivity index (χ2n) is 6.49. The van der Waals surface area contributed by atoms with Crippen molar-refractivity contribution in [2.24, 2.45) is 0 Å². The van der Waals surface area contributed by atoms with E-state index in [4.69, 9.17) is 27.9 Å². The molecule has 164 valence electrons. The molecule has 0 saturated heterocycles. The number of hydrogen-bond donors (Lipinski definition) is 1. The molecule has 1 heterocycles. The summed E-state index contributed by atoms with van der Waals surface area (Å²) >= 11 is 13.2. The molecule has 1 N–H and O–H groups in total. The molecule has 0 spiro atoms. The van der Waals surface area contributed by atoms with E-state index >= 15 is 0 Å². The maximum atomic E-state index is 12.8. The highest BCUT2D eigenvalue weighted by Crippen LogP contribution is 2.30. The zero-order valence-corrected chi connectivity index (χ0v) is 19.8. The molecule has 12 heteroatoms. The highest BCUT2D eigenvalue weighted by molar-refractivity contribution is 7.92. The fourth-order valence-corrected chi connectivity index (χ4v) is 5.23. The van der Waals surface area contributed by atoms with E-state index in [1.165, 1.54) is 25.1 Å². The topological polar surface area (TPSA) is 101 Å². The average molecular weight is 501 g/mol. The second-order valence-corrected chi connectivity index (χ2v) is 10.2. The zero-order valence-electron chi connectivity index (χ0n) is 16.7. The highest BCUT2D eigenvalue weighted by Gasteiger charge is 2.30. The molecule has 3 aromatic rings. The minimum atomic E-state index is -3.82. The quantitative estimate of drug-likeness (QED) is 0.518. The van der Waals surface area contributed by atoms with Gasteiger partial charge in [0.05, 0.1) is 19.1 Å². The van der Waals surface area contributed by atoms with Crippen LogP contribution in [0.2, 0.25) is 10.0 Å². The molecule has 2 aromatic carbocycles. The lowest BCUT2D eigenvalue weighted by molar-refractivity contribution is -0.116. The predicted octanol–water partition coefficient (Wildman–Crippen LogP) is 4.31. The SMILES string of the molecule is COc1ccc(-c2nnc(NC(=O)[C@@H](C)N(c3cc(Cl)cc(Cl)c3)S(C)(=O)=O)s2)cc1. The van der Waals surface area contributed by atoms with Gasteiger partial charge in [0.15, 0.2) is 0 Å². The number of sulfonamides is 1. The van der Waals surface area contributed by atoms with Crippen LogP contribution in [-0.2, 0) is 14.8 Å². The monoisotopic (exact) mass is 500 g/mol. The Morgan fingerprint density at radius 1 is 1.13 bits per heavy atom. The van der Waals surface area contributed by atoms with Gasteiger partial charge in [-0.2, -0.15) is 0 Å². The number of nitrogens with zero attached hydrogens (tertiary/aromatic N) is 3. The molecule has 31 heavy (non-hydrogen) atoms. The fourth-order valence-electron chi connectivity index (χ4n) is 2.81. The first-order chi connectivity index (χ1) is 14.6. The summed E-state index contributed by atoms with van der Waals surface area (Å²) in [6.45, 7) is 1.45. The van der Waals surface area contributed by atoms with Gasteiger partial charge in [0.2, 0.25) is 21.1 Å². The summed E-state index contributed by atoms with van der Waals surface area (Å²) in [6.07, 6.45) is 0.998. The highest BCUT2D eigenvalue weighted by atomic mass is 35.5. The number of aromatic nitrogens is 2. The molecule has 0 radical (unpaired) electrons. The van der Waals surface area contributed by atoms with Gasteiger partial charge in [-0.3, -0.25) is 14.4 Å². The van der Waals surface area contributed by atoms with Gasteiger partial charge >= 0.3 is 0 Å². The van der Waals surface area contributed by atoms with Crippen LogP contribution in [0.25, 0.3) is 10.6 Å². The van der Waals surface area contributed by atoms with Gasteiger partial charge in [-0.1, -0.05) is 34.5 Å². The maximum Gasteiger partial charge on any atom is 0.249 e. The molecule has 8 nitrogen and oxygen atoms in total. The summed E-state index contributed by atoms with van der Waals surface area (Å²) in [5, 5.41) is 12.0. The van der Waals surface area contributed by atoms with Gasteiger partial charge < -0.3 is 4.74 Å². The van der Waals surface area contributed by atoms with Crippen LogP contribution < -0.4 is 14.4 Å². The summed E-state index contributed by atoms with van der Waals surface area (Å²) in [4.78, 5) is 12.8. The Morgan fingerprint density at radius 2 is 1.74 bits per heavy atom. The number of nitrogens with one attached hydrogen (secondary N) is 1. The molecule has 3 rings (SSSR count). The molecule has 0 saturated carbocycles. The van der Waals surface area contributed by atoms with Crippen molar-refractivity contribution in [2.75, 3.05) is 23.0 Å². The average Bonchev–Trinajstić information content (AvgIpc) is 3.14. The van der Waals surface area contributed by atoms with Crippen molar-refractivity contribution in [3.8, 4) is 16.3 Å². The van der Waals surface area contributed by atoms with Gasteiger partial charge in [-0.05, 0) is 49.4 Å². The van der Waals surface area contributed by atoms with Crippen molar-refractivity contribution in [1.29, 1.82) is 0 Å². The molecule has 0 aliphatic heterocycles. The summed E-state index contributed by atoms with van der Waals surface area (Å²) in [6, 6.07) is 10.4. The number of hydrogen-bond acceptors (Lipinski definition) is 7. The molecule has 0 aliphatic carbocycles. The third-order valence-corrected chi connectivity index (χ3v) is 6.75. The molecule has 0 bridgehead atoms. The van der Waals surface area contributed by atoms with Crippen LogP contribution in [0.5, 0.6) is 5.75 Å². The van der Waals surface area contributed by atoms with Crippen molar-refractivity contribution in [3.63, 3.8) is 0 Å². The predicted molar refractivity (Wildman–Crippen MR) is 124 cm³/mol. The van der Waals surface area contributed by atoms with Crippen LogP contribution in [0, 0.1) is 0 Å². The first-order valence-electron chi connectivity index (χ1n) is 8.83. The van der Waals surface area contributed by atoms with E-state index in [1.54, 1.807) is 19.2 Å². The Morgan fingerprint density at radius 3 is 2.29 bits per heavy atom.